The Balaban J connectivity index is 2.25. The number of hydrogen-bond donors (Lipinski definition) is 0. The third-order valence-corrected chi connectivity index (χ3v) is 3.52. The molecule has 19 heavy (non-hydrogen) atoms. The molecule has 2 heterocycles. The van der Waals surface area contributed by atoms with Gasteiger partial charge in [-0.25, -0.2) is 9.97 Å². The highest BCUT2D eigenvalue weighted by atomic mass is 32.2. The van der Waals surface area contributed by atoms with Crippen LogP contribution in [0.2, 0.25) is 0 Å². The van der Waals surface area contributed by atoms with Gasteiger partial charge >= 0.3 is 0 Å². The Kier molecular flexibility index (Phi) is 3.10. The Labute approximate surface area is 115 Å². The Bertz CT molecular complexity index is 811. The lowest BCUT2D eigenvalue weighted by Gasteiger charge is -2.04. The summed E-state index contributed by atoms with van der Waals surface area (Å²) in [6.07, 6.45) is 0. The van der Waals surface area contributed by atoms with Gasteiger partial charge in [-0.15, -0.1) is 11.0 Å². The van der Waals surface area contributed by atoms with Gasteiger partial charge in [-0.1, -0.05) is 29.8 Å². The molecule has 0 aliphatic carbocycles. The Morgan fingerprint density at radius 3 is 2.95 bits per heavy atom. The molecular weight excluding hydrogens is 256 g/mol. The van der Waals surface area contributed by atoms with E-state index in [1.807, 2.05) is 38.1 Å². The highest BCUT2D eigenvalue weighted by Gasteiger charge is 2.11. The Morgan fingerprint density at radius 1 is 1.26 bits per heavy atom. The molecular formula is C14H12N4S. The first-order valence-corrected chi connectivity index (χ1v) is 6.92. The standard InChI is InChI=1S/C14H12N4S/c1-3-4-9-19-14-16-12-8-6-5-7-11(12)13-15-10(2)17-18(13)14/h5-8H,9H2,1-2H3. The number of nitrogens with zero attached hydrogens (tertiary/aromatic N) is 4. The molecule has 0 radical (unpaired) electrons. The van der Waals surface area contributed by atoms with Crippen molar-refractivity contribution in [1.29, 1.82) is 0 Å². The molecule has 0 amide bonds. The minimum Gasteiger partial charge on any atom is -0.222 e. The third-order valence-electron chi connectivity index (χ3n) is 2.71. The van der Waals surface area contributed by atoms with E-state index >= 15 is 0 Å². The van der Waals surface area contributed by atoms with E-state index in [1.165, 1.54) is 0 Å². The summed E-state index contributed by atoms with van der Waals surface area (Å²) in [5.74, 6) is 7.37. The first-order valence-electron chi connectivity index (χ1n) is 5.94. The van der Waals surface area contributed by atoms with Crippen LogP contribution < -0.4 is 0 Å². The number of aryl methyl sites for hydroxylation is 1. The molecule has 0 bridgehead atoms. The number of aromatic nitrogens is 4. The van der Waals surface area contributed by atoms with Crippen LogP contribution in [-0.4, -0.2) is 25.3 Å². The van der Waals surface area contributed by atoms with Gasteiger partial charge in [0, 0.05) is 5.39 Å². The summed E-state index contributed by atoms with van der Waals surface area (Å²) in [6, 6.07) is 7.99. The van der Waals surface area contributed by atoms with Crippen molar-refractivity contribution in [3.63, 3.8) is 0 Å². The molecule has 0 fully saturated rings. The quantitative estimate of drug-likeness (QED) is 0.407. The van der Waals surface area contributed by atoms with E-state index < -0.39 is 0 Å². The molecule has 3 aromatic rings. The molecule has 0 saturated carbocycles. The lowest BCUT2D eigenvalue weighted by Crippen LogP contribution is -1.98. The Hall–Kier alpha value is -2.06. The average molecular weight is 268 g/mol. The van der Waals surface area contributed by atoms with Crippen molar-refractivity contribution >= 4 is 28.3 Å². The second kappa shape index (κ2) is 4.90. The van der Waals surface area contributed by atoms with Crippen LogP contribution in [-0.2, 0) is 0 Å². The summed E-state index contributed by atoms with van der Waals surface area (Å²) >= 11 is 1.58. The predicted molar refractivity (Wildman–Crippen MR) is 77.2 cm³/mol. The van der Waals surface area contributed by atoms with Crippen molar-refractivity contribution in [2.75, 3.05) is 5.75 Å². The number of thioether (sulfide) groups is 1. The SMILES string of the molecule is CC#CCSc1nc2ccccc2c2nc(C)nn12. The lowest BCUT2D eigenvalue weighted by atomic mass is 10.2. The van der Waals surface area contributed by atoms with Crippen molar-refractivity contribution in [3.8, 4) is 11.8 Å². The van der Waals surface area contributed by atoms with Crippen molar-refractivity contribution < 1.29 is 0 Å². The maximum Gasteiger partial charge on any atom is 0.192 e. The van der Waals surface area contributed by atoms with Crippen LogP contribution in [0.3, 0.4) is 0 Å². The highest BCUT2D eigenvalue weighted by molar-refractivity contribution is 7.99. The predicted octanol–water partition coefficient (Wildman–Crippen LogP) is 2.70. The third kappa shape index (κ3) is 2.15. The van der Waals surface area contributed by atoms with Gasteiger partial charge in [0.2, 0.25) is 0 Å². The molecule has 2 aromatic heterocycles. The van der Waals surface area contributed by atoms with Gasteiger partial charge < -0.3 is 0 Å². The van der Waals surface area contributed by atoms with Gasteiger partial charge in [-0.05, 0) is 26.0 Å². The number of fused-ring (bicyclic) bond motifs is 3. The maximum atomic E-state index is 4.64. The van der Waals surface area contributed by atoms with Gasteiger partial charge in [0.05, 0.1) is 11.3 Å². The zero-order valence-electron chi connectivity index (χ0n) is 10.7. The second-order valence-corrected chi connectivity index (χ2v) is 4.96. The van der Waals surface area contributed by atoms with Crippen LogP contribution in [0.5, 0.6) is 0 Å². The molecule has 0 aliphatic rings. The van der Waals surface area contributed by atoms with E-state index in [4.69, 9.17) is 0 Å². The van der Waals surface area contributed by atoms with Crippen LogP contribution in [0.15, 0.2) is 29.4 Å². The molecule has 5 heteroatoms. The number of benzene rings is 1. The van der Waals surface area contributed by atoms with Gasteiger partial charge in [0.25, 0.3) is 0 Å². The summed E-state index contributed by atoms with van der Waals surface area (Å²) in [5, 5.41) is 6.27. The van der Waals surface area contributed by atoms with Crippen molar-refractivity contribution in [2.45, 2.75) is 19.0 Å². The number of para-hydroxylation sites is 1. The number of hydrogen-bond acceptors (Lipinski definition) is 4. The van der Waals surface area contributed by atoms with Gasteiger partial charge in [-0.2, -0.15) is 4.52 Å². The molecule has 0 spiro atoms. The zero-order chi connectivity index (χ0) is 13.2. The Morgan fingerprint density at radius 2 is 2.11 bits per heavy atom. The largest absolute Gasteiger partial charge is 0.222 e. The van der Waals surface area contributed by atoms with E-state index in [0.717, 1.165) is 27.5 Å². The smallest absolute Gasteiger partial charge is 0.192 e. The van der Waals surface area contributed by atoms with Crippen molar-refractivity contribution in [2.24, 2.45) is 0 Å². The lowest BCUT2D eigenvalue weighted by molar-refractivity contribution is 0.798. The number of rotatable bonds is 2. The van der Waals surface area contributed by atoms with Crippen LogP contribution in [0.4, 0.5) is 0 Å². The molecule has 0 N–H and O–H groups in total. The first-order chi connectivity index (χ1) is 9.29. The molecule has 0 saturated heterocycles. The van der Waals surface area contributed by atoms with Gasteiger partial charge in [0.1, 0.15) is 5.82 Å². The van der Waals surface area contributed by atoms with Crippen LogP contribution in [0.25, 0.3) is 16.6 Å². The summed E-state index contributed by atoms with van der Waals surface area (Å²) in [6.45, 7) is 3.73. The summed E-state index contributed by atoms with van der Waals surface area (Å²) < 4.78 is 1.81. The first kappa shape index (κ1) is 12.0. The van der Waals surface area contributed by atoms with E-state index in [9.17, 15) is 0 Å². The van der Waals surface area contributed by atoms with Gasteiger partial charge in [0.15, 0.2) is 10.8 Å². The molecule has 3 rings (SSSR count). The second-order valence-electron chi connectivity index (χ2n) is 4.02. The van der Waals surface area contributed by atoms with E-state index in [2.05, 4.69) is 26.9 Å². The van der Waals surface area contributed by atoms with Crippen LogP contribution >= 0.6 is 11.8 Å². The average Bonchev–Trinajstić information content (AvgIpc) is 2.81. The molecule has 0 aliphatic heterocycles. The van der Waals surface area contributed by atoms with E-state index in [-0.39, 0.29) is 0 Å². The molecule has 0 atom stereocenters. The molecule has 94 valence electrons. The van der Waals surface area contributed by atoms with E-state index in [1.54, 1.807) is 16.3 Å². The minimum absolute atomic E-state index is 0.704. The van der Waals surface area contributed by atoms with E-state index in [0.29, 0.717) is 5.75 Å². The molecule has 1 aromatic carbocycles. The van der Waals surface area contributed by atoms with Gasteiger partial charge in [-0.3, -0.25) is 0 Å². The fourth-order valence-electron chi connectivity index (χ4n) is 1.90. The van der Waals surface area contributed by atoms with Crippen molar-refractivity contribution in [1.82, 2.24) is 19.6 Å². The fraction of sp³-hybridized carbons (Fsp3) is 0.214. The minimum atomic E-state index is 0.704. The molecule has 0 unspecified atom stereocenters. The summed E-state index contributed by atoms with van der Waals surface area (Å²) in [4.78, 5) is 9.14. The normalized spacial score (nSPS) is 10.6. The topological polar surface area (TPSA) is 43.1 Å². The van der Waals surface area contributed by atoms with Crippen LogP contribution in [0, 0.1) is 18.8 Å². The van der Waals surface area contributed by atoms with Crippen molar-refractivity contribution in [3.05, 3.63) is 30.1 Å². The zero-order valence-corrected chi connectivity index (χ0v) is 11.5. The fourth-order valence-corrected chi connectivity index (χ4v) is 2.66. The highest BCUT2D eigenvalue weighted by Crippen LogP contribution is 2.23. The summed E-state index contributed by atoms with van der Waals surface area (Å²) in [7, 11) is 0. The summed E-state index contributed by atoms with van der Waals surface area (Å²) in [5.41, 5.74) is 1.80. The van der Waals surface area contributed by atoms with Crippen LogP contribution in [0.1, 0.15) is 12.7 Å². The maximum absolute atomic E-state index is 4.64. The molecule has 4 nitrogen and oxygen atoms in total. The monoisotopic (exact) mass is 268 g/mol.